The van der Waals surface area contributed by atoms with E-state index in [2.05, 4.69) is 12.2 Å². The van der Waals surface area contributed by atoms with Crippen molar-refractivity contribution in [2.24, 2.45) is 5.92 Å². The van der Waals surface area contributed by atoms with Crippen LogP contribution in [-0.4, -0.2) is 26.8 Å². The van der Waals surface area contributed by atoms with Crippen molar-refractivity contribution in [2.45, 2.75) is 13.3 Å². The summed E-state index contributed by atoms with van der Waals surface area (Å²) in [6.45, 7) is 4.76. The number of rotatable bonds is 7. The van der Waals surface area contributed by atoms with E-state index < -0.39 is 0 Å². The van der Waals surface area contributed by atoms with Gasteiger partial charge in [0.2, 0.25) is 0 Å². The molecular formula is C13H20FNO. The largest absolute Gasteiger partial charge is 0.383 e. The summed E-state index contributed by atoms with van der Waals surface area (Å²) in [5, 5.41) is 3.32. The van der Waals surface area contributed by atoms with Gasteiger partial charge in [0.15, 0.2) is 0 Å². The van der Waals surface area contributed by atoms with Gasteiger partial charge in [0.1, 0.15) is 5.82 Å². The predicted molar refractivity (Wildman–Crippen MR) is 64.0 cm³/mol. The SMILES string of the molecule is COCCNCC(C)Cc1ccc(F)cc1. The molecule has 1 aromatic rings. The van der Waals surface area contributed by atoms with Crippen LogP contribution in [0.3, 0.4) is 0 Å². The Hall–Kier alpha value is -0.930. The summed E-state index contributed by atoms with van der Waals surface area (Å²) in [6.07, 6.45) is 0.972. The Morgan fingerprint density at radius 2 is 2.00 bits per heavy atom. The number of hydrogen-bond donors (Lipinski definition) is 1. The molecule has 1 aromatic carbocycles. The number of halogens is 1. The zero-order chi connectivity index (χ0) is 11.8. The van der Waals surface area contributed by atoms with E-state index in [1.165, 1.54) is 17.7 Å². The molecule has 0 saturated carbocycles. The molecule has 1 unspecified atom stereocenters. The Balaban J connectivity index is 2.23. The van der Waals surface area contributed by atoms with Crippen LogP contribution in [0.1, 0.15) is 12.5 Å². The first-order valence-corrected chi connectivity index (χ1v) is 5.66. The van der Waals surface area contributed by atoms with Crippen LogP contribution in [0.2, 0.25) is 0 Å². The predicted octanol–water partition coefficient (Wildman–Crippen LogP) is 2.24. The van der Waals surface area contributed by atoms with Crippen molar-refractivity contribution in [3.8, 4) is 0 Å². The summed E-state index contributed by atoms with van der Waals surface area (Å²) in [6, 6.07) is 6.72. The van der Waals surface area contributed by atoms with Crippen molar-refractivity contribution in [1.29, 1.82) is 0 Å². The van der Waals surface area contributed by atoms with Crippen molar-refractivity contribution < 1.29 is 9.13 Å². The van der Waals surface area contributed by atoms with Crippen LogP contribution in [0.4, 0.5) is 4.39 Å². The number of benzene rings is 1. The third-order valence-corrected chi connectivity index (χ3v) is 2.47. The van der Waals surface area contributed by atoms with E-state index in [9.17, 15) is 4.39 Å². The molecular weight excluding hydrogens is 205 g/mol. The van der Waals surface area contributed by atoms with Crippen LogP contribution in [0.5, 0.6) is 0 Å². The first-order valence-electron chi connectivity index (χ1n) is 5.66. The Bertz CT molecular complexity index is 286. The molecule has 0 radical (unpaired) electrons. The molecule has 0 aliphatic carbocycles. The summed E-state index contributed by atoms with van der Waals surface area (Å²) in [5.41, 5.74) is 1.18. The average molecular weight is 225 g/mol. The fraction of sp³-hybridized carbons (Fsp3) is 0.538. The lowest BCUT2D eigenvalue weighted by Gasteiger charge is -2.12. The van der Waals surface area contributed by atoms with Gasteiger partial charge < -0.3 is 10.1 Å². The maximum atomic E-state index is 12.7. The molecule has 0 amide bonds. The quantitative estimate of drug-likeness (QED) is 0.719. The molecule has 0 fully saturated rings. The molecule has 2 nitrogen and oxygen atoms in total. The van der Waals surface area contributed by atoms with E-state index >= 15 is 0 Å². The minimum absolute atomic E-state index is 0.172. The zero-order valence-electron chi connectivity index (χ0n) is 10.0. The average Bonchev–Trinajstić information content (AvgIpc) is 2.28. The molecule has 0 aromatic heterocycles. The molecule has 1 atom stereocenters. The Kier molecular flexibility index (Phi) is 6.04. The topological polar surface area (TPSA) is 21.3 Å². The van der Waals surface area contributed by atoms with Gasteiger partial charge in [-0.15, -0.1) is 0 Å². The third-order valence-electron chi connectivity index (χ3n) is 2.47. The fourth-order valence-corrected chi connectivity index (χ4v) is 1.62. The lowest BCUT2D eigenvalue weighted by molar-refractivity contribution is 0.198. The highest BCUT2D eigenvalue weighted by atomic mass is 19.1. The van der Waals surface area contributed by atoms with Crippen LogP contribution in [0.15, 0.2) is 24.3 Å². The van der Waals surface area contributed by atoms with Crippen LogP contribution in [0.25, 0.3) is 0 Å². The number of ether oxygens (including phenoxy) is 1. The second-order valence-corrected chi connectivity index (χ2v) is 4.13. The second kappa shape index (κ2) is 7.36. The Morgan fingerprint density at radius 1 is 1.31 bits per heavy atom. The highest BCUT2D eigenvalue weighted by molar-refractivity contribution is 5.16. The molecule has 0 saturated heterocycles. The van der Waals surface area contributed by atoms with Crippen molar-refractivity contribution in [3.05, 3.63) is 35.6 Å². The van der Waals surface area contributed by atoms with Crippen LogP contribution >= 0.6 is 0 Å². The monoisotopic (exact) mass is 225 g/mol. The molecule has 0 aliphatic rings. The van der Waals surface area contributed by atoms with Crippen molar-refractivity contribution >= 4 is 0 Å². The lowest BCUT2D eigenvalue weighted by atomic mass is 10.0. The molecule has 90 valence electrons. The van der Waals surface area contributed by atoms with Gasteiger partial charge in [0.25, 0.3) is 0 Å². The molecule has 0 bridgehead atoms. The smallest absolute Gasteiger partial charge is 0.123 e. The van der Waals surface area contributed by atoms with Gasteiger partial charge in [0.05, 0.1) is 6.61 Å². The fourth-order valence-electron chi connectivity index (χ4n) is 1.62. The van der Waals surface area contributed by atoms with Gasteiger partial charge in [-0.25, -0.2) is 4.39 Å². The summed E-state index contributed by atoms with van der Waals surface area (Å²) in [7, 11) is 1.70. The number of hydrogen-bond acceptors (Lipinski definition) is 2. The van der Waals surface area contributed by atoms with Gasteiger partial charge in [-0.05, 0) is 36.6 Å². The zero-order valence-corrected chi connectivity index (χ0v) is 10.0. The van der Waals surface area contributed by atoms with Gasteiger partial charge in [-0.1, -0.05) is 19.1 Å². The number of methoxy groups -OCH3 is 1. The molecule has 16 heavy (non-hydrogen) atoms. The molecule has 0 spiro atoms. The van der Waals surface area contributed by atoms with Gasteiger partial charge in [-0.3, -0.25) is 0 Å². The minimum atomic E-state index is -0.172. The second-order valence-electron chi connectivity index (χ2n) is 4.13. The standard InChI is InChI=1S/C13H20FNO/c1-11(10-15-7-8-16-2)9-12-3-5-13(14)6-4-12/h3-6,11,15H,7-10H2,1-2H3. The summed E-state index contributed by atoms with van der Waals surface area (Å²) in [5.74, 6) is 0.372. The van der Waals surface area contributed by atoms with E-state index in [0.717, 1.165) is 26.1 Å². The van der Waals surface area contributed by atoms with E-state index in [-0.39, 0.29) is 5.82 Å². The highest BCUT2D eigenvalue weighted by Crippen LogP contribution is 2.08. The number of nitrogens with one attached hydrogen (secondary N) is 1. The lowest BCUT2D eigenvalue weighted by Crippen LogP contribution is -2.25. The third kappa shape index (κ3) is 5.24. The summed E-state index contributed by atoms with van der Waals surface area (Å²) < 4.78 is 17.6. The normalized spacial score (nSPS) is 12.7. The molecule has 1 rings (SSSR count). The van der Waals surface area contributed by atoms with Gasteiger partial charge in [0, 0.05) is 13.7 Å². The van der Waals surface area contributed by atoms with Crippen LogP contribution in [0, 0.1) is 11.7 Å². The van der Waals surface area contributed by atoms with Crippen LogP contribution < -0.4 is 5.32 Å². The maximum absolute atomic E-state index is 12.7. The van der Waals surface area contributed by atoms with E-state index in [4.69, 9.17) is 4.74 Å². The van der Waals surface area contributed by atoms with E-state index in [0.29, 0.717) is 5.92 Å². The summed E-state index contributed by atoms with van der Waals surface area (Å²) >= 11 is 0. The first kappa shape index (κ1) is 13.1. The summed E-state index contributed by atoms with van der Waals surface area (Å²) in [4.78, 5) is 0. The maximum Gasteiger partial charge on any atom is 0.123 e. The molecule has 0 heterocycles. The minimum Gasteiger partial charge on any atom is -0.383 e. The molecule has 1 N–H and O–H groups in total. The van der Waals surface area contributed by atoms with Gasteiger partial charge >= 0.3 is 0 Å². The molecule has 0 aliphatic heterocycles. The van der Waals surface area contributed by atoms with Crippen molar-refractivity contribution in [1.82, 2.24) is 5.32 Å². The first-order chi connectivity index (χ1) is 7.72. The highest BCUT2D eigenvalue weighted by Gasteiger charge is 2.03. The van der Waals surface area contributed by atoms with E-state index in [1.807, 2.05) is 12.1 Å². The van der Waals surface area contributed by atoms with Crippen molar-refractivity contribution in [3.63, 3.8) is 0 Å². The van der Waals surface area contributed by atoms with E-state index in [1.54, 1.807) is 7.11 Å². The Labute approximate surface area is 96.8 Å². The van der Waals surface area contributed by atoms with Crippen molar-refractivity contribution in [2.75, 3.05) is 26.8 Å². The van der Waals surface area contributed by atoms with Gasteiger partial charge in [-0.2, -0.15) is 0 Å². The Morgan fingerprint density at radius 3 is 2.62 bits per heavy atom. The molecule has 3 heteroatoms. The van der Waals surface area contributed by atoms with Crippen LogP contribution in [-0.2, 0) is 11.2 Å².